The monoisotopic (exact) mass is 316 g/mol. The molecule has 0 aliphatic rings. The number of ether oxygens (including phenoxy) is 1. The summed E-state index contributed by atoms with van der Waals surface area (Å²) in [5, 5.41) is 4.14. The van der Waals surface area contributed by atoms with Gasteiger partial charge in [-0.1, -0.05) is 15.9 Å². The van der Waals surface area contributed by atoms with Gasteiger partial charge in [0.1, 0.15) is 6.61 Å². The van der Waals surface area contributed by atoms with E-state index in [9.17, 15) is 8.78 Å². The third-order valence-corrected chi connectivity index (χ3v) is 2.89. The minimum absolute atomic E-state index is 0.124. The molecule has 1 aromatic carbocycles. The van der Waals surface area contributed by atoms with Crippen LogP contribution in [0.3, 0.4) is 0 Å². The molecule has 0 N–H and O–H groups in total. The number of rotatable bonds is 3. The van der Waals surface area contributed by atoms with Crippen LogP contribution >= 0.6 is 15.9 Å². The summed E-state index contributed by atoms with van der Waals surface area (Å²) in [6.07, 6.45) is 0. The fourth-order valence-corrected chi connectivity index (χ4v) is 2.00. The standard InChI is InChI=1S/C12H11BrF2N2O/c1-7-3-9(17(2)16-7)6-18-11-5-8(13)4-10(14)12(11)15/h3-5H,6H2,1-2H3. The molecule has 18 heavy (non-hydrogen) atoms. The first-order chi connectivity index (χ1) is 8.47. The van der Waals surface area contributed by atoms with E-state index in [0.29, 0.717) is 4.47 Å². The lowest BCUT2D eigenvalue weighted by Gasteiger charge is -2.08. The summed E-state index contributed by atoms with van der Waals surface area (Å²) >= 11 is 3.09. The zero-order chi connectivity index (χ0) is 13.3. The van der Waals surface area contributed by atoms with E-state index in [1.54, 1.807) is 11.7 Å². The maximum atomic E-state index is 13.4. The zero-order valence-electron chi connectivity index (χ0n) is 9.88. The summed E-state index contributed by atoms with van der Waals surface area (Å²) in [6, 6.07) is 4.27. The summed E-state index contributed by atoms with van der Waals surface area (Å²) in [6.45, 7) is 1.98. The summed E-state index contributed by atoms with van der Waals surface area (Å²) < 4.78 is 33.9. The number of aromatic nitrogens is 2. The molecule has 0 aliphatic carbocycles. The highest BCUT2D eigenvalue weighted by Crippen LogP contribution is 2.26. The first-order valence-electron chi connectivity index (χ1n) is 5.24. The van der Waals surface area contributed by atoms with E-state index in [0.717, 1.165) is 17.5 Å². The second kappa shape index (κ2) is 5.06. The Morgan fingerprint density at radius 2 is 2.06 bits per heavy atom. The van der Waals surface area contributed by atoms with Gasteiger partial charge < -0.3 is 4.74 Å². The van der Waals surface area contributed by atoms with E-state index in [1.165, 1.54) is 6.07 Å². The van der Waals surface area contributed by atoms with Crippen LogP contribution in [0.4, 0.5) is 8.78 Å². The molecule has 1 aromatic heterocycles. The molecule has 1 heterocycles. The molecular weight excluding hydrogens is 306 g/mol. The summed E-state index contributed by atoms with van der Waals surface area (Å²) in [4.78, 5) is 0. The topological polar surface area (TPSA) is 27.1 Å². The van der Waals surface area contributed by atoms with Crippen molar-refractivity contribution < 1.29 is 13.5 Å². The largest absolute Gasteiger partial charge is 0.484 e. The van der Waals surface area contributed by atoms with Gasteiger partial charge >= 0.3 is 0 Å². The summed E-state index contributed by atoms with van der Waals surface area (Å²) in [5.74, 6) is -2.06. The number of hydrogen-bond acceptors (Lipinski definition) is 2. The number of aryl methyl sites for hydroxylation is 2. The van der Waals surface area contributed by atoms with Gasteiger partial charge in [0.25, 0.3) is 0 Å². The lowest BCUT2D eigenvalue weighted by molar-refractivity contribution is 0.275. The Balaban J connectivity index is 2.18. The molecule has 0 radical (unpaired) electrons. The van der Waals surface area contributed by atoms with Gasteiger partial charge in [-0.05, 0) is 25.1 Å². The van der Waals surface area contributed by atoms with Gasteiger partial charge in [0.15, 0.2) is 11.6 Å². The van der Waals surface area contributed by atoms with Crippen LogP contribution in [0.2, 0.25) is 0 Å². The Morgan fingerprint density at radius 3 is 2.67 bits per heavy atom. The van der Waals surface area contributed by atoms with Crippen molar-refractivity contribution in [2.45, 2.75) is 13.5 Å². The number of benzene rings is 1. The summed E-state index contributed by atoms with van der Waals surface area (Å²) in [5.41, 5.74) is 1.63. The van der Waals surface area contributed by atoms with E-state index < -0.39 is 11.6 Å². The van der Waals surface area contributed by atoms with Crippen LogP contribution in [-0.4, -0.2) is 9.78 Å². The van der Waals surface area contributed by atoms with Crippen LogP contribution in [0, 0.1) is 18.6 Å². The maximum Gasteiger partial charge on any atom is 0.200 e. The Bertz CT molecular complexity index is 584. The molecule has 2 rings (SSSR count). The van der Waals surface area contributed by atoms with Gasteiger partial charge in [-0.3, -0.25) is 4.68 Å². The Morgan fingerprint density at radius 1 is 1.33 bits per heavy atom. The third kappa shape index (κ3) is 2.69. The number of halogens is 3. The molecule has 0 spiro atoms. The summed E-state index contributed by atoms with van der Waals surface area (Å²) in [7, 11) is 1.77. The molecule has 0 saturated heterocycles. The van der Waals surface area contributed by atoms with Crippen molar-refractivity contribution in [3.8, 4) is 5.75 Å². The minimum atomic E-state index is -0.989. The van der Waals surface area contributed by atoms with Crippen molar-refractivity contribution in [2.75, 3.05) is 0 Å². The molecule has 0 fully saturated rings. The van der Waals surface area contributed by atoms with Crippen LogP contribution in [0.15, 0.2) is 22.7 Å². The second-order valence-electron chi connectivity index (χ2n) is 3.89. The Hall–Kier alpha value is -1.43. The average molecular weight is 317 g/mol. The molecule has 6 heteroatoms. The third-order valence-electron chi connectivity index (χ3n) is 2.43. The quantitative estimate of drug-likeness (QED) is 0.812. The fraction of sp³-hybridized carbons (Fsp3) is 0.250. The van der Waals surface area contributed by atoms with Crippen molar-refractivity contribution in [1.29, 1.82) is 0 Å². The number of hydrogen-bond donors (Lipinski definition) is 0. The molecule has 3 nitrogen and oxygen atoms in total. The highest BCUT2D eigenvalue weighted by molar-refractivity contribution is 9.10. The Kier molecular flexibility index (Phi) is 3.65. The van der Waals surface area contributed by atoms with Gasteiger partial charge in [0.2, 0.25) is 5.82 Å². The van der Waals surface area contributed by atoms with Crippen molar-refractivity contribution >= 4 is 15.9 Å². The van der Waals surface area contributed by atoms with Gasteiger partial charge in [-0.2, -0.15) is 9.49 Å². The molecule has 0 bridgehead atoms. The maximum absolute atomic E-state index is 13.4. The highest BCUT2D eigenvalue weighted by Gasteiger charge is 2.12. The second-order valence-corrected chi connectivity index (χ2v) is 4.80. The van der Waals surface area contributed by atoms with E-state index in [-0.39, 0.29) is 12.4 Å². The van der Waals surface area contributed by atoms with Gasteiger partial charge in [0.05, 0.1) is 11.4 Å². The number of nitrogens with zero attached hydrogens (tertiary/aromatic N) is 2. The molecular formula is C12H11BrF2N2O. The normalized spacial score (nSPS) is 10.7. The molecule has 0 saturated carbocycles. The predicted octanol–water partition coefficient (Wildman–Crippen LogP) is 3.35. The van der Waals surface area contributed by atoms with Crippen LogP contribution in [0.25, 0.3) is 0 Å². The zero-order valence-corrected chi connectivity index (χ0v) is 11.5. The van der Waals surface area contributed by atoms with Crippen molar-refractivity contribution in [1.82, 2.24) is 9.78 Å². The van der Waals surface area contributed by atoms with Crippen LogP contribution in [-0.2, 0) is 13.7 Å². The molecule has 96 valence electrons. The lowest BCUT2D eigenvalue weighted by Crippen LogP contribution is -2.04. The van der Waals surface area contributed by atoms with Gasteiger partial charge in [-0.15, -0.1) is 0 Å². The van der Waals surface area contributed by atoms with Gasteiger partial charge in [-0.25, -0.2) is 4.39 Å². The molecule has 0 unspecified atom stereocenters. The van der Waals surface area contributed by atoms with Crippen LogP contribution in [0.5, 0.6) is 5.75 Å². The first kappa shape index (κ1) is 13.0. The van der Waals surface area contributed by atoms with E-state index >= 15 is 0 Å². The smallest absolute Gasteiger partial charge is 0.200 e. The van der Waals surface area contributed by atoms with Crippen molar-refractivity contribution in [2.24, 2.45) is 7.05 Å². The van der Waals surface area contributed by atoms with E-state index in [1.807, 2.05) is 13.0 Å². The lowest BCUT2D eigenvalue weighted by atomic mass is 10.3. The van der Waals surface area contributed by atoms with Crippen LogP contribution in [0.1, 0.15) is 11.4 Å². The molecule has 0 atom stereocenters. The fourth-order valence-electron chi connectivity index (χ4n) is 1.59. The van der Waals surface area contributed by atoms with E-state index in [2.05, 4.69) is 21.0 Å². The predicted molar refractivity (Wildman–Crippen MR) is 66.3 cm³/mol. The SMILES string of the molecule is Cc1cc(COc2cc(Br)cc(F)c2F)n(C)n1. The van der Waals surface area contributed by atoms with E-state index in [4.69, 9.17) is 4.74 Å². The molecule has 0 amide bonds. The van der Waals surface area contributed by atoms with Crippen molar-refractivity contribution in [3.05, 3.63) is 45.7 Å². The van der Waals surface area contributed by atoms with Crippen LogP contribution < -0.4 is 4.74 Å². The molecule has 0 aliphatic heterocycles. The van der Waals surface area contributed by atoms with Crippen molar-refractivity contribution in [3.63, 3.8) is 0 Å². The first-order valence-corrected chi connectivity index (χ1v) is 6.03. The average Bonchev–Trinajstić information content (AvgIpc) is 2.60. The Labute approximate surface area is 112 Å². The highest BCUT2D eigenvalue weighted by atomic mass is 79.9. The minimum Gasteiger partial charge on any atom is -0.484 e. The molecule has 2 aromatic rings. The van der Waals surface area contributed by atoms with Gasteiger partial charge in [0, 0.05) is 11.5 Å².